The molecule has 2 aliphatic heterocycles. The van der Waals surface area contributed by atoms with E-state index >= 15 is 0 Å². The molecule has 2 atom stereocenters. The minimum absolute atomic E-state index is 0.204. The maximum atomic E-state index is 5.26. The van der Waals surface area contributed by atoms with Gasteiger partial charge in [-0.1, -0.05) is 18.2 Å². The zero-order valence-corrected chi connectivity index (χ0v) is 22.4. The summed E-state index contributed by atoms with van der Waals surface area (Å²) in [5.74, 6) is 0.333. The lowest BCUT2D eigenvalue weighted by molar-refractivity contribution is 0.304. The van der Waals surface area contributed by atoms with Crippen molar-refractivity contribution in [2.24, 2.45) is 11.0 Å². The molecular weight excluding hydrogens is 554 g/mol. The molecule has 0 aliphatic carbocycles. The number of benzene rings is 1. The van der Waals surface area contributed by atoms with Gasteiger partial charge in [0, 0.05) is 47.5 Å². The highest BCUT2D eigenvalue weighted by Gasteiger charge is 2.44. The largest absolute Gasteiger partial charge is 0.301 e. The third kappa shape index (κ3) is 4.11. The summed E-state index contributed by atoms with van der Waals surface area (Å²) in [5, 5.41) is 7.51. The number of thiophene rings is 2. The Kier molecular flexibility index (Phi) is 5.99. The molecule has 2 aromatic heterocycles. The van der Waals surface area contributed by atoms with E-state index in [1.165, 1.54) is 39.7 Å². The van der Waals surface area contributed by atoms with Crippen molar-refractivity contribution in [3.05, 3.63) is 76.5 Å². The van der Waals surface area contributed by atoms with Gasteiger partial charge in [0.15, 0.2) is 0 Å². The lowest BCUT2D eigenvalue weighted by Gasteiger charge is -2.34. The van der Waals surface area contributed by atoms with Gasteiger partial charge in [-0.05, 0) is 88.7 Å². The summed E-state index contributed by atoms with van der Waals surface area (Å²) in [6.45, 7) is 6.26. The number of halogens is 2. The van der Waals surface area contributed by atoms with E-state index in [2.05, 4.69) is 111 Å². The predicted octanol–water partition coefficient (Wildman–Crippen LogP) is 7.51. The number of nitrogens with zero attached hydrogens (tertiary/aromatic N) is 3. The van der Waals surface area contributed by atoms with E-state index in [9.17, 15) is 0 Å². The normalized spacial score (nSPS) is 22.8. The number of likely N-dealkylation sites (tertiary alicyclic amines) is 1. The third-order valence-electron chi connectivity index (χ3n) is 5.87. The quantitative estimate of drug-likeness (QED) is 0.321. The van der Waals surface area contributed by atoms with Crippen LogP contribution in [0.4, 0.5) is 5.69 Å². The molecule has 3 nitrogen and oxygen atoms in total. The molecule has 0 saturated carbocycles. The van der Waals surface area contributed by atoms with E-state index in [1.54, 1.807) is 0 Å². The average Bonchev–Trinajstić information content (AvgIpc) is 3.38. The fourth-order valence-electron chi connectivity index (χ4n) is 4.42. The highest BCUT2D eigenvalue weighted by Crippen LogP contribution is 2.46. The molecule has 2 aliphatic rings. The van der Waals surface area contributed by atoms with Gasteiger partial charge in [0.05, 0.1) is 17.4 Å². The van der Waals surface area contributed by atoms with Gasteiger partial charge in [-0.3, -0.25) is 5.01 Å². The number of piperidine rings is 1. The van der Waals surface area contributed by atoms with Gasteiger partial charge < -0.3 is 4.90 Å². The maximum Gasteiger partial charge on any atom is 0.0964 e. The van der Waals surface area contributed by atoms with E-state index in [0.717, 1.165) is 18.8 Å². The minimum Gasteiger partial charge on any atom is -0.301 e. The molecule has 160 valence electrons. The first-order chi connectivity index (χ1) is 14.9. The topological polar surface area (TPSA) is 18.8 Å². The number of rotatable bonds is 3. The molecule has 0 bridgehead atoms. The molecule has 7 heteroatoms. The van der Waals surface area contributed by atoms with Crippen LogP contribution in [0.5, 0.6) is 0 Å². The Morgan fingerprint density at radius 3 is 2.39 bits per heavy atom. The number of hydrogen-bond donors (Lipinski definition) is 0. The summed E-state index contributed by atoms with van der Waals surface area (Å²) in [6, 6.07) is 15.3. The molecule has 4 heterocycles. The molecule has 1 aromatic carbocycles. The Morgan fingerprint density at radius 1 is 1.03 bits per heavy atom. The molecule has 1 saturated heterocycles. The van der Waals surface area contributed by atoms with Crippen molar-refractivity contribution < 1.29 is 0 Å². The van der Waals surface area contributed by atoms with E-state index in [0.29, 0.717) is 5.92 Å². The first-order valence-electron chi connectivity index (χ1n) is 10.2. The number of anilines is 1. The second kappa shape index (κ2) is 8.60. The first kappa shape index (κ1) is 21.6. The molecule has 0 N–H and O–H groups in total. The molecule has 3 aromatic rings. The van der Waals surface area contributed by atoms with Gasteiger partial charge >= 0.3 is 0 Å². The molecule has 0 radical (unpaired) electrons. The van der Waals surface area contributed by atoms with E-state index in [1.807, 2.05) is 22.7 Å². The predicted molar refractivity (Wildman–Crippen MR) is 142 cm³/mol. The Labute approximate surface area is 208 Å². The highest BCUT2D eigenvalue weighted by molar-refractivity contribution is 9.10. The SMILES string of the molecule is Cc1sc(/C=C2\CN(C)CC3C2=NN(c2ccccc2)C3c2cc(Br)c(C)s2)cc1Br. The summed E-state index contributed by atoms with van der Waals surface area (Å²) in [7, 11) is 2.22. The third-order valence-corrected chi connectivity index (χ3v) is 10.2. The first-order valence-corrected chi connectivity index (χ1v) is 13.5. The monoisotopic (exact) mass is 575 g/mol. The Bertz CT molecular complexity index is 1140. The standard InChI is InChI=1S/C24H23Br2N3S2/c1-14-20(25)10-18(30-14)9-16-12-28(3)13-19-23(16)27-29(17-7-5-4-6-8-17)24(19)22-11-21(26)15(2)31-22/h4-11,19,24H,12-13H2,1-3H3/b16-9+. The second-order valence-corrected chi connectivity index (χ2v) is 12.5. The van der Waals surface area contributed by atoms with Crippen molar-refractivity contribution in [2.75, 3.05) is 25.1 Å². The minimum atomic E-state index is 0.204. The molecular formula is C24H23Br2N3S2. The fraction of sp³-hybridized carbons (Fsp3) is 0.292. The summed E-state index contributed by atoms with van der Waals surface area (Å²) in [5.41, 5.74) is 3.70. The summed E-state index contributed by atoms with van der Waals surface area (Å²) >= 11 is 11.1. The Hall–Kier alpha value is -1.25. The van der Waals surface area contributed by atoms with Crippen LogP contribution in [0.1, 0.15) is 25.6 Å². The van der Waals surface area contributed by atoms with Crippen molar-refractivity contribution in [3.63, 3.8) is 0 Å². The van der Waals surface area contributed by atoms with Crippen LogP contribution in [0, 0.1) is 19.8 Å². The van der Waals surface area contributed by atoms with Crippen LogP contribution in [-0.2, 0) is 0 Å². The van der Waals surface area contributed by atoms with E-state index in [4.69, 9.17) is 5.10 Å². The van der Waals surface area contributed by atoms with Crippen LogP contribution in [0.15, 0.2) is 62.1 Å². The lowest BCUT2D eigenvalue weighted by Crippen LogP contribution is -2.41. The van der Waals surface area contributed by atoms with Crippen LogP contribution >= 0.6 is 54.5 Å². The van der Waals surface area contributed by atoms with Crippen molar-refractivity contribution >= 4 is 72.0 Å². The molecule has 5 rings (SSSR count). The van der Waals surface area contributed by atoms with Gasteiger partial charge in [0.2, 0.25) is 0 Å². The smallest absolute Gasteiger partial charge is 0.0964 e. The Morgan fingerprint density at radius 2 is 1.74 bits per heavy atom. The van der Waals surface area contributed by atoms with Crippen LogP contribution in [0.25, 0.3) is 6.08 Å². The molecule has 31 heavy (non-hydrogen) atoms. The summed E-state index contributed by atoms with van der Waals surface area (Å²) in [6.07, 6.45) is 2.34. The summed E-state index contributed by atoms with van der Waals surface area (Å²) < 4.78 is 2.37. The van der Waals surface area contributed by atoms with Crippen molar-refractivity contribution in [1.82, 2.24) is 4.90 Å². The molecule has 0 spiro atoms. The number of hydrogen-bond acceptors (Lipinski definition) is 5. The van der Waals surface area contributed by atoms with Gasteiger partial charge in [0.25, 0.3) is 0 Å². The van der Waals surface area contributed by atoms with Crippen molar-refractivity contribution in [1.29, 1.82) is 0 Å². The summed E-state index contributed by atoms with van der Waals surface area (Å²) in [4.78, 5) is 7.70. The van der Waals surface area contributed by atoms with Gasteiger partial charge in [-0.25, -0.2) is 0 Å². The molecule has 0 amide bonds. The fourth-order valence-corrected chi connectivity index (χ4v) is 7.66. The highest BCUT2D eigenvalue weighted by atomic mass is 79.9. The van der Waals surface area contributed by atoms with E-state index < -0.39 is 0 Å². The van der Waals surface area contributed by atoms with Crippen LogP contribution in [-0.4, -0.2) is 30.7 Å². The maximum absolute atomic E-state index is 5.26. The van der Waals surface area contributed by atoms with Crippen molar-refractivity contribution in [3.8, 4) is 0 Å². The molecule has 1 fully saturated rings. The zero-order chi connectivity index (χ0) is 21.7. The zero-order valence-electron chi connectivity index (χ0n) is 17.6. The number of likely N-dealkylation sites (N-methyl/N-ethyl adjacent to an activating group) is 1. The lowest BCUT2D eigenvalue weighted by atomic mass is 9.86. The Balaban J connectivity index is 1.62. The van der Waals surface area contributed by atoms with Crippen LogP contribution in [0.2, 0.25) is 0 Å². The van der Waals surface area contributed by atoms with Gasteiger partial charge in [0.1, 0.15) is 0 Å². The molecule has 2 unspecified atom stereocenters. The van der Waals surface area contributed by atoms with Crippen LogP contribution in [0.3, 0.4) is 0 Å². The van der Waals surface area contributed by atoms with E-state index in [-0.39, 0.29) is 6.04 Å². The second-order valence-electron chi connectivity index (χ2n) is 8.19. The van der Waals surface area contributed by atoms with Crippen LogP contribution < -0.4 is 5.01 Å². The number of aryl methyl sites for hydroxylation is 2. The van der Waals surface area contributed by atoms with Gasteiger partial charge in [-0.2, -0.15) is 5.10 Å². The number of hydrazone groups is 1. The number of fused-ring (bicyclic) bond motifs is 1. The number of para-hydroxylation sites is 1. The average molecular weight is 577 g/mol. The van der Waals surface area contributed by atoms with Gasteiger partial charge in [-0.15, -0.1) is 22.7 Å². The van der Waals surface area contributed by atoms with Crippen molar-refractivity contribution in [2.45, 2.75) is 19.9 Å².